The van der Waals surface area contributed by atoms with Crippen LogP contribution in [0.2, 0.25) is 0 Å². The van der Waals surface area contributed by atoms with E-state index in [1.165, 1.54) is 0 Å². The molecule has 0 bridgehead atoms. The van der Waals surface area contributed by atoms with Gasteiger partial charge >= 0.3 is 0 Å². The molecule has 0 fully saturated rings. The zero-order valence-electron chi connectivity index (χ0n) is 3.87. The molecular formula is C4H6N2S. The van der Waals surface area contributed by atoms with E-state index in [0.29, 0.717) is 0 Å². The molecule has 1 aliphatic heterocycles. The lowest BCUT2D eigenvalue weighted by molar-refractivity contribution is 0.706. The lowest BCUT2D eigenvalue weighted by Gasteiger charge is -2.00. The predicted molar refractivity (Wildman–Crippen MR) is 33.7 cm³/mol. The Kier molecular flexibility index (Phi) is 1.36. The second-order valence-electron chi connectivity index (χ2n) is 1.36. The van der Waals surface area contributed by atoms with Crippen molar-refractivity contribution in [3.8, 4) is 0 Å². The van der Waals surface area contributed by atoms with Crippen molar-refractivity contribution in [1.29, 1.82) is 0 Å². The molecule has 0 amide bonds. The second kappa shape index (κ2) is 2.02. The second-order valence-corrected chi connectivity index (χ2v) is 1.58. The molecule has 0 atom stereocenters. The van der Waals surface area contributed by atoms with Crippen molar-refractivity contribution < 1.29 is 0 Å². The van der Waals surface area contributed by atoms with Crippen LogP contribution in [0.15, 0.2) is 4.99 Å². The van der Waals surface area contributed by atoms with Crippen molar-refractivity contribution in [3.05, 3.63) is 0 Å². The van der Waals surface area contributed by atoms with Crippen LogP contribution in [0, 0.1) is 0 Å². The van der Waals surface area contributed by atoms with Crippen LogP contribution in [-0.2, 0) is 0 Å². The maximum Gasteiger partial charge on any atom is 0.0897 e. The molecule has 0 aromatic carbocycles. The minimum atomic E-state index is 0.896. The van der Waals surface area contributed by atoms with Gasteiger partial charge in [-0.1, -0.05) is 12.2 Å². The van der Waals surface area contributed by atoms with Crippen LogP contribution in [0.4, 0.5) is 0 Å². The predicted octanol–water partition coefficient (Wildman–Crippen LogP) is 0.288. The highest BCUT2D eigenvalue weighted by atomic mass is 32.1. The summed E-state index contributed by atoms with van der Waals surface area (Å²) in [6, 6.07) is 0. The molecule has 1 heterocycles. The maximum absolute atomic E-state index is 4.62. The molecule has 0 aromatic heterocycles. The van der Waals surface area contributed by atoms with Crippen LogP contribution in [0.3, 0.4) is 0 Å². The van der Waals surface area contributed by atoms with E-state index in [-0.39, 0.29) is 0 Å². The first-order valence-corrected chi connectivity index (χ1v) is 2.61. The fourth-order valence-electron chi connectivity index (χ4n) is 0.473. The highest BCUT2D eigenvalue weighted by molar-refractivity contribution is 7.78. The molecule has 0 radical (unpaired) electrons. The van der Waals surface area contributed by atoms with E-state index in [9.17, 15) is 0 Å². The Bertz CT molecular complexity index is 99.9. The van der Waals surface area contributed by atoms with Crippen LogP contribution in [0.5, 0.6) is 0 Å². The monoisotopic (exact) mass is 114 g/mol. The van der Waals surface area contributed by atoms with E-state index in [1.54, 1.807) is 11.8 Å². The standard InChI is InChI=1S/C4H6N2S/c7-4-6-2-1-5-3-6/h3-4H,1-2H2. The van der Waals surface area contributed by atoms with Crippen LogP contribution in [0.25, 0.3) is 0 Å². The van der Waals surface area contributed by atoms with Gasteiger partial charge in [-0.05, 0) is 0 Å². The zero-order valence-corrected chi connectivity index (χ0v) is 4.69. The van der Waals surface area contributed by atoms with Gasteiger partial charge in [-0.2, -0.15) is 0 Å². The summed E-state index contributed by atoms with van der Waals surface area (Å²) in [5, 5.41) is 0. The lowest BCUT2D eigenvalue weighted by atomic mass is 10.6. The first kappa shape index (κ1) is 4.71. The van der Waals surface area contributed by atoms with Crippen molar-refractivity contribution in [2.75, 3.05) is 13.1 Å². The largest absolute Gasteiger partial charge is 0.328 e. The third-order valence-corrected chi connectivity index (χ3v) is 1.12. The van der Waals surface area contributed by atoms with Crippen LogP contribution < -0.4 is 0 Å². The molecule has 7 heavy (non-hydrogen) atoms. The molecule has 3 heteroatoms. The third-order valence-electron chi connectivity index (χ3n) is 0.853. The average molecular weight is 114 g/mol. The van der Waals surface area contributed by atoms with Crippen LogP contribution >= 0.6 is 12.2 Å². The van der Waals surface area contributed by atoms with Crippen LogP contribution in [0.1, 0.15) is 0 Å². The normalized spacial score (nSPS) is 18.0. The molecule has 0 saturated heterocycles. The number of aliphatic imine (C=N–C) groups is 1. The number of nitrogens with zero attached hydrogens (tertiary/aromatic N) is 2. The number of rotatable bonds is 1. The Labute approximate surface area is 47.8 Å². The fourth-order valence-corrected chi connectivity index (χ4v) is 0.633. The highest BCUT2D eigenvalue weighted by Crippen LogP contribution is 1.86. The molecule has 0 unspecified atom stereocenters. The maximum atomic E-state index is 4.62. The molecule has 38 valence electrons. The van der Waals surface area contributed by atoms with Gasteiger partial charge < -0.3 is 4.90 Å². The Morgan fingerprint density at radius 3 is 3.00 bits per heavy atom. The molecular weight excluding hydrogens is 108 g/mol. The molecule has 1 aliphatic rings. The molecule has 0 spiro atoms. The highest BCUT2D eigenvalue weighted by Gasteiger charge is 1.97. The summed E-state index contributed by atoms with van der Waals surface area (Å²) in [6.07, 6.45) is 1.76. The van der Waals surface area contributed by atoms with Gasteiger partial charge in [-0.15, -0.1) is 0 Å². The third kappa shape index (κ3) is 0.962. The summed E-state index contributed by atoms with van der Waals surface area (Å²) in [4.78, 5) is 5.82. The Morgan fingerprint density at radius 1 is 1.86 bits per heavy atom. The Morgan fingerprint density at radius 2 is 2.71 bits per heavy atom. The van der Waals surface area contributed by atoms with Crippen molar-refractivity contribution in [2.45, 2.75) is 0 Å². The average Bonchev–Trinajstić information content (AvgIpc) is 2.14. The molecule has 0 aliphatic carbocycles. The van der Waals surface area contributed by atoms with E-state index < -0.39 is 0 Å². The SMILES string of the molecule is S=CN1C=NCC1. The molecule has 0 N–H and O–H groups in total. The molecule has 0 aromatic rings. The quantitative estimate of drug-likeness (QED) is 0.455. The minimum Gasteiger partial charge on any atom is -0.328 e. The van der Waals surface area contributed by atoms with Crippen LogP contribution in [-0.4, -0.2) is 29.8 Å². The van der Waals surface area contributed by atoms with Gasteiger partial charge in [0.15, 0.2) is 0 Å². The first-order chi connectivity index (χ1) is 3.43. The summed E-state index contributed by atoms with van der Waals surface area (Å²) >= 11 is 4.62. The number of hydrogen-bond acceptors (Lipinski definition) is 2. The van der Waals surface area contributed by atoms with E-state index in [0.717, 1.165) is 13.1 Å². The van der Waals surface area contributed by atoms with Gasteiger partial charge in [0.25, 0.3) is 0 Å². The van der Waals surface area contributed by atoms with E-state index in [1.807, 2.05) is 4.90 Å². The van der Waals surface area contributed by atoms with Gasteiger partial charge in [-0.3, -0.25) is 4.99 Å². The van der Waals surface area contributed by atoms with E-state index in [2.05, 4.69) is 17.2 Å². The summed E-state index contributed by atoms with van der Waals surface area (Å²) in [5.41, 5.74) is 1.61. The van der Waals surface area contributed by atoms with Crippen molar-refractivity contribution in [2.24, 2.45) is 4.99 Å². The molecule has 0 saturated carbocycles. The Hall–Kier alpha value is -0.440. The lowest BCUT2D eigenvalue weighted by Crippen LogP contribution is -2.15. The van der Waals surface area contributed by atoms with Gasteiger partial charge in [0, 0.05) is 6.54 Å². The number of thiocarbonyl (C=S) groups is 1. The van der Waals surface area contributed by atoms with Crippen molar-refractivity contribution >= 4 is 24.0 Å². The van der Waals surface area contributed by atoms with E-state index >= 15 is 0 Å². The van der Waals surface area contributed by atoms with Gasteiger partial charge in [0.1, 0.15) is 0 Å². The summed E-state index contributed by atoms with van der Waals surface area (Å²) in [5.74, 6) is 0. The van der Waals surface area contributed by atoms with Gasteiger partial charge in [0.05, 0.1) is 18.4 Å². The van der Waals surface area contributed by atoms with Crippen molar-refractivity contribution in [3.63, 3.8) is 0 Å². The minimum absolute atomic E-state index is 0.896. The summed E-state index contributed by atoms with van der Waals surface area (Å²) in [6.45, 7) is 1.86. The van der Waals surface area contributed by atoms with Crippen molar-refractivity contribution in [1.82, 2.24) is 4.90 Å². The summed E-state index contributed by atoms with van der Waals surface area (Å²) in [7, 11) is 0. The van der Waals surface area contributed by atoms with Gasteiger partial charge in [-0.25, -0.2) is 0 Å². The summed E-state index contributed by atoms with van der Waals surface area (Å²) < 4.78 is 0. The Balaban J connectivity index is 2.42. The zero-order chi connectivity index (χ0) is 5.11. The fraction of sp³-hybridized carbons (Fsp3) is 0.500. The van der Waals surface area contributed by atoms with Gasteiger partial charge in [0.2, 0.25) is 0 Å². The number of hydrogen-bond donors (Lipinski definition) is 0. The van der Waals surface area contributed by atoms with E-state index in [4.69, 9.17) is 0 Å². The molecule has 2 nitrogen and oxygen atoms in total. The topological polar surface area (TPSA) is 15.6 Å². The first-order valence-electron chi connectivity index (χ1n) is 2.14. The molecule has 1 rings (SSSR count). The smallest absolute Gasteiger partial charge is 0.0897 e.